The summed E-state index contributed by atoms with van der Waals surface area (Å²) in [6, 6.07) is 21.5. The molecule has 2 atom stereocenters. The van der Waals surface area contributed by atoms with Crippen LogP contribution < -0.4 is 11.1 Å². The number of amides is 2. The van der Waals surface area contributed by atoms with Gasteiger partial charge in [-0.05, 0) is 40.5 Å². The third-order valence-corrected chi connectivity index (χ3v) is 4.56. The van der Waals surface area contributed by atoms with Gasteiger partial charge in [0, 0.05) is 0 Å². The second-order valence-corrected chi connectivity index (χ2v) is 6.46. The molecule has 2 amide bonds. The number of benzene rings is 3. The first-order valence-electron chi connectivity index (χ1n) is 8.24. The number of fused-ring (bicyclic) bond motifs is 1. The molecule has 3 aromatic rings. The van der Waals surface area contributed by atoms with Crippen LogP contribution in [0.4, 0.5) is 0 Å². The Balaban J connectivity index is 1.87. The number of nitrogens with two attached hydrogens (primary N) is 1. The number of nitrogens with one attached hydrogen (secondary N) is 1. The van der Waals surface area contributed by atoms with Gasteiger partial charge in [0.1, 0.15) is 11.6 Å². The van der Waals surface area contributed by atoms with Gasteiger partial charge in [-0.15, -0.1) is 0 Å². The molecule has 0 spiro atoms. The van der Waals surface area contributed by atoms with Gasteiger partial charge in [0.2, 0.25) is 12.3 Å². The molecule has 26 heavy (non-hydrogen) atoms. The van der Waals surface area contributed by atoms with Crippen LogP contribution in [0.25, 0.3) is 21.9 Å². The minimum atomic E-state index is -1.62. The van der Waals surface area contributed by atoms with Gasteiger partial charge in [-0.1, -0.05) is 60.7 Å². The Bertz CT molecular complexity index is 949. The lowest BCUT2D eigenvalue weighted by molar-refractivity contribution is -0.132. The molecular formula is C21H20N2O3. The second kappa shape index (κ2) is 7.07. The fourth-order valence-corrected chi connectivity index (χ4v) is 2.91. The van der Waals surface area contributed by atoms with E-state index in [4.69, 9.17) is 5.73 Å². The number of imide groups is 1. The molecule has 3 rings (SSSR count). The summed E-state index contributed by atoms with van der Waals surface area (Å²) in [5.74, 6) is -0.737. The monoisotopic (exact) mass is 348 g/mol. The number of aliphatic hydroxyl groups excluding tert-OH is 1. The van der Waals surface area contributed by atoms with Crippen molar-refractivity contribution in [2.45, 2.75) is 18.6 Å². The van der Waals surface area contributed by atoms with Gasteiger partial charge >= 0.3 is 0 Å². The van der Waals surface area contributed by atoms with E-state index in [9.17, 15) is 14.7 Å². The van der Waals surface area contributed by atoms with E-state index < -0.39 is 17.6 Å². The Morgan fingerprint density at radius 3 is 2.31 bits per heavy atom. The Morgan fingerprint density at radius 2 is 1.65 bits per heavy atom. The molecule has 0 bridgehead atoms. The SMILES string of the molecule is CC(N)(C(=O)NC=O)C(O)c1ccc(-c2ccc3ccccc3c2)cc1. The fraction of sp³-hybridized carbons (Fsp3) is 0.143. The van der Waals surface area contributed by atoms with Crippen molar-refractivity contribution >= 4 is 23.1 Å². The van der Waals surface area contributed by atoms with Crippen molar-refractivity contribution in [2.24, 2.45) is 5.73 Å². The molecule has 0 saturated carbocycles. The maximum Gasteiger partial charge on any atom is 0.249 e. The molecule has 0 saturated heterocycles. The first kappa shape index (κ1) is 17.8. The lowest BCUT2D eigenvalue weighted by atomic mass is 9.88. The van der Waals surface area contributed by atoms with E-state index in [1.54, 1.807) is 12.1 Å². The smallest absolute Gasteiger partial charge is 0.249 e. The van der Waals surface area contributed by atoms with Gasteiger partial charge in [-0.25, -0.2) is 0 Å². The number of aliphatic hydroxyl groups is 1. The molecular weight excluding hydrogens is 328 g/mol. The van der Waals surface area contributed by atoms with E-state index in [-0.39, 0.29) is 6.41 Å². The molecule has 0 fully saturated rings. The van der Waals surface area contributed by atoms with Crippen LogP contribution in [0.15, 0.2) is 66.7 Å². The van der Waals surface area contributed by atoms with E-state index >= 15 is 0 Å². The van der Waals surface area contributed by atoms with E-state index in [0.29, 0.717) is 5.56 Å². The van der Waals surface area contributed by atoms with Crippen molar-refractivity contribution in [3.05, 3.63) is 72.3 Å². The number of hydrogen-bond acceptors (Lipinski definition) is 4. The lowest BCUT2D eigenvalue weighted by Crippen LogP contribution is -2.55. The number of rotatable bonds is 5. The van der Waals surface area contributed by atoms with Gasteiger partial charge < -0.3 is 10.8 Å². The lowest BCUT2D eigenvalue weighted by Gasteiger charge is -2.28. The first-order valence-corrected chi connectivity index (χ1v) is 8.24. The summed E-state index contributed by atoms with van der Waals surface area (Å²) < 4.78 is 0. The Hall–Kier alpha value is -3.02. The summed E-state index contributed by atoms with van der Waals surface area (Å²) in [6.45, 7) is 1.38. The van der Waals surface area contributed by atoms with Crippen molar-refractivity contribution in [1.82, 2.24) is 5.32 Å². The molecule has 0 aromatic heterocycles. The summed E-state index contributed by atoms with van der Waals surface area (Å²) >= 11 is 0. The van der Waals surface area contributed by atoms with Gasteiger partial charge in [0.05, 0.1) is 0 Å². The zero-order chi connectivity index (χ0) is 18.7. The van der Waals surface area contributed by atoms with E-state index in [2.05, 4.69) is 24.3 Å². The van der Waals surface area contributed by atoms with E-state index in [1.165, 1.54) is 12.3 Å². The summed E-state index contributed by atoms with van der Waals surface area (Å²) in [5, 5.41) is 14.7. The highest BCUT2D eigenvalue weighted by molar-refractivity contribution is 5.93. The molecule has 5 heteroatoms. The Morgan fingerprint density at radius 1 is 1.04 bits per heavy atom. The first-order chi connectivity index (χ1) is 12.4. The summed E-state index contributed by atoms with van der Waals surface area (Å²) in [5.41, 5.74) is 6.84. The quantitative estimate of drug-likeness (QED) is 0.618. The van der Waals surface area contributed by atoms with Crippen molar-refractivity contribution in [2.75, 3.05) is 0 Å². The highest BCUT2D eigenvalue weighted by Crippen LogP contribution is 2.28. The van der Waals surface area contributed by atoms with Crippen molar-refractivity contribution in [3.63, 3.8) is 0 Å². The third kappa shape index (κ3) is 3.35. The fourth-order valence-electron chi connectivity index (χ4n) is 2.91. The van der Waals surface area contributed by atoms with Crippen LogP contribution in [-0.2, 0) is 9.59 Å². The van der Waals surface area contributed by atoms with Crippen LogP contribution in [0.5, 0.6) is 0 Å². The molecule has 5 nitrogen and oxygen atoms in total. The summed E-state index contributed by atoms with van der Waals surface area (Å²) in [7, 11) is 0. The molecule has 0 heterocycles. The predicted molar refractivity (Wildman–Crippen MR) is 101 cm³/mol. The van der Waals surface area contributed by atoms with Crippen molar-refractivity contribution in [1.29, 1.82) is 0 Å². The van der Waals surface area contributed by atoms with Crippen LogP contribution in [0.3, 0.4) is 0 Å². The largest absolute Gasteiger partial charge is 0.386 e. The van der Waals surface area contributed by atoms with Gasteiger partial charge in [-0.2, -0.15) is 0 Å². The van der Waals surface area contributed by atoms with E-state index in [0.717, 1.165) is 16.5 Å². The minimum absolute atomic E-state index is 0.253. The standard InChI is InChI=1S/C21H20N2O3/c1-21(22,20(26)23-13-24)19(25)16-9-6-15(7-10-16)18-11-8-14-4-2-3-5-17(14)12-18/h2-13,19,25H,22H2,1H3,(H,23,24,26). The third-order valence-electron chi connectivity index (χ3n) is 4.56. The van der Waals surface area contributed by atoms with Gasteiger partial charge in [-0.3, -0.25) is 14.9 Å². The second-order valence-electron chi connectivity index (χ2n) is 6.46. The highest BCUT2D eigenvalue weighted by atomic mass is 16.3. The normalized spacial score (nSPS) is 14.4. The van der Waals surface area contributed by atoms with Crippen LogP contribution in [-0.4, -0.2) is 23.0 Å². The average molecular weight is 348 g/mol. The number of carbonyl (C=O) groups excluding carboxylic acids is 2. The predicted octanol–water partition coefficient (Wildman–Crippen LogP) is 2.53. The Kier molecular flexibility index (Phi) is 4.84. The van der Waals surface area contributed by atoms with Gasteiger partial charge in [0.15, 0.2) is 0 Å². The molecule has 0 radical (unpaired) electrons. The van der Waals surface area contributed by atoms with Crippen LogP contribution in [0.2, 0.25) is 0 Å². The topological polar surface area (TPSA) is 92.4 Å². The molecule has 0 aliphatic carbocycles. The maximum atomic E-state index is 11.9. The molecule has 3 aromatic carbocycles. The summed E-state index contributed by atoms with van der Waals surface area (Å²) in [6.07, 6.45) is -0.990. The molecule has 0 aliphatic heterocycles. The number of carbonyl (C=O) groups is 2. The van der Waals surface area contributed by atoms with Crippen LogP contribution in [0.1, 0.15) is 18.6 Å². The molecule has 132 valence electrons. The van der Waals surface area contributed by atoms with Crippen molar-refractivity contribution in [3.8, 4) is 11.1 Å². The summed E-state index contributed by atoms with van der Waals surface area (Å²) in [4.78, 5) is 22.3. The van der Waals surface area contributed by atoms with Crippen LogP contribution >= 0.6 is 0 Å². The molecule has 2 unspecified atom stereocenters. The Labute approximate surface area is 151 Å². The van der Waals surface area contributed by atoms with Gasteiger partial charge in [0.25, 0.3) is 0 Å². The average Bonchev–Trinajstić information content (AvgIpc) is 2.67. The highest BCUT2D eigenvalue weighted by Gasteiger charge is 2.37. The number of hydrogen-bond donors (Lipinski definition) is 3. The minimum Gasteiger partial charge on any atom is -0.386 e. The van der Waals surface area contributed by atoms with Crippen molar-refractivity contribution < 1.29 is 14.7 Å². The zero-order valence-electron chi connectivity index (χ0n) is 14.3. The zero-order valence-corrected chi connectivity index (χ0v) is 14.3. The maximum absolute atomic E-state index is 11.9. The molecule has 0 aliphatic rings. The van der Waals surface area contributed by atoms with E-state index in [1.807, 2.05) is 35.6 Å². The molecule has 4 N–H and O–H groups in total. The van der Waals surface area contributed by atoms with Crippen LogP contribution in [0, 0.1) is 0 Å².